The van der Waals surface area contributed by atoms with Gasteiger partial charge in [-0.1, -0.05) is 18.2 Å². The predicted octanol–water partition coefficient (Wildman–Crippen LogP) is 3.15. The Balaban J connectivity index is 1.46. The van der Waals surface area contributed by atoms with Gasteiger partial charge in [0, 0.05) is 13.0 Å². The van der Waals surface area contributed by atoms with Gasteiger partial charge in [0.15, 0.2) is 6.61 Å². The van der Waals surface area contributed by atoms with Crippen LogP contribution >= 0.6 is 0 Å². The van der Waals surface area contributed by atoms with Gasteiger partial charge in [-0.25, -0.2) is 0 Å². The molecule has 1 N–H and O–H groups in total. The van der Waals surface area contributed by atoms with E-state index in [1.165, 1.54) is 5.56 Å². The molecule has 3 fully saturated rings. The van der Waals surface area contributed by atoms with Gasteiger partial charge in [-0.05, 0) is 68.9 Å². The monoisotopic (exact) mass is 412 g/mol. The first-order chi connectivity index (χ1) is 14.6. The molecule has 1 aromatic carbocycles. The number of piperidine rings is 2. The SMILES string of the molecule is O=C1CCC[C@@]2(CCCN3C(=O)COc4ccccc4C4CCC(CC4)OC[C@H]32)N1. The topological polar surface area (TPSA) is 67.9 Å². The zero-order valence-electron chi connectivity index (χ0n) is 17.6. The third-order valence-electron chi connectivity index (χ3n) is 7.65. The molecule has 1 spiro atoms. The number of fused-ring (bicyclic) bond motifs is 5. The van der Waals surface area contributed by atoms with Crippen LogP contribution in [0.5, 0.6) is 5.75 Å². The second-order valence-corrected chi connectivity index (χ2v) is 9.40. The van der Waals surface area contributed by atoms with Crippen molar-refractivity contribution >= 4 is 11.8 Å². The van der Waals surface area contributed by atoms with Crippen LogP contribution in [0.25, 0.3) is 0 Å². The van der Waals surface area contributed by atoms with Crippen molar-refractivity contribution in [2.24, 2.45) is 0 Å². The minimum atomic E-state index is -0.363. The Morgan fingerprint density at radius 1 is 1.03 bits per heavy atom. The van der Waals surface area contributed by atoms with Gasteiger partial charge >= 0.3 is 0 Å². The highest BCUT2D eigenvalue weighted by atomic mass is 16.5. The van der Waals surface area contributed by atoms with Gasteiger partial charge in [-0.3, -0.25) is 9.59 Å². The average molecular weight is 413 g/mol. The van der Waals surface area contributed by atoms with Crippen LogP contribution < -0.4 is 10.1 Å². The average Bonchev–Trinajstić information content (AvgIpc) is 2.78. The Morgan fingerprint density at radius 3 is 2.67 bits per heavy atom. The highest BCUT2D eigenvalue weighted by Crippen LogP contribution is 2.40. The van der Waals surface area contributed by atoms with E-state index in [4.69, 9.17) is 9.47 Å². The molecule has 4 heterocycles. The zero-order chi connectivity index (χ0) is 20.6. The van der Waals surface area contributed by atoms with E-state index in [0.29, 0.717) is 25.5 Å². The molecule has 2 atom stereocenters. The molecule has 0 radical (unpaired) electrons. The molecule has 6 nitrogen and oxygen atoms in total. The summed E-state index contributed by atoms with van der Waals surface area (Å²) >= 11 is 0. The van der Waals surface area contributed by atoms with E-state index < -0.39 is 0 Å². The summed E-state index contributed by atoms with van der Waals surface area (Å²) in [7, 11) is 0. The molecule has 162 valence electrons. The fourth-order valence-corrected chi connectivity index (χ4v) is 6.08. The Kier molecular flexibility index (Phi) is 5.44. The lowest BCUT2D eigenvalue weighted by molar-refractivity contribution is -0.148. The van der Waals surface area contributed by atoms with Crippen LogP contribution in [0.4, 0.5) is 0 Å². The molecule has 30 heavy (non-hydrogen) atoms. The first-order valence-corrected chi connectivity index (χ1v) is 11.6. The summed E-state index contributed by atoms with van der Waals surface area (Å²) in [6, 6.07) is 8.04. The molecule has 0 aromatic heterocycles. The van der Waals surface area contributed by atoms with E-state index in [-0.39, 0.29) is 36.1 Å². The summed E-state index contributed by atoms with van der Waals surface area (Å²) in [4.78, 5) is 27.5. The standard InChI is InChI=1S/C24H32N2O4/c27-22-7-3-12-24(25-22)13-4-14-26-21(24)15-29-18-10-8-17(9-11-18)19-5-1-2-6-20(19)30-16-23(26)28/h1-2,5-6,17-18,21H,3-4,7-16H2,(H,25,27)/t17?,18?,21-,24-/m0/s1. The molecule has 1 saturated carbocycles. The summed E-state index contributed by atoms with van der Waals surface area (Å²) in [6.07, 6.45) is 8.60. The molecule has 2 bridgehead atoms. The molecule has 1 aromatic rings. The maximum atomic E-state index is 13.3. The summed E-state index contributed by atoms with van der Waals surface area (Å²) in [5.41, 5.74) is 0.854. The maximum absolute atomic E-state index is 13.3. The van der Waals surface area contributed by atoms with Crippen molar-refractivity contribution in [3.63, 3.8) is 0 Å². The number of rotatable bonds is 0. The molecule has 0 unspecified atom stereocenters. The lowest BCUT2D eigenvalue weighted by Gasteiger charge is -2.52. The normalized spacial score (nSPS) is 34.7. The number of nitrogens with one attached hydrogen (secondary N) is 1. The van der Waals surface area contributed by atoms with Crippen molar-refractivity contribution < 1.29 is 19.1 Å². The lowest BCUT2D eigenvalue weighted by atomic mass is 9.75. The van der Waals surface area contributed by atoms with Gasteiger partial charge in [-0.15, -0.1) is 0 Å². The number of hydrogen-bond acceptors (Lipinski definition) is 4. The summed E-state index contributed by atoms with van der Waals surface area (Å²) in [5, 5.41) is 3.28. The zero-order valence-corrected chi connectivity index (χ0v) is 17.6. The molecule has 4 aliphatic heterocycles. The third kappa shape index (κ3) is 3.70. The van der Waals surface area contributed by atoms with Crippen LogP contribution in [0.3, 0.4) is 0 Å². The van der Waals surface area contributed by atoms with Gasteiger partial charge in [-0.2, -0.15) is 0 Å². The lowest BCUT2D eigenvalue weighted by Crippen LogP contribution is -2.69. The largest absolute Gasteiger partial charge is 0.483 e. The molecule has 5 aliphatic rings. The van der Waals surface area contributed by atoms with E-state index in [9.17, 15) is 9.59 Å². The third-order valence-corrected chi connectivity index (χ3v) is 7.65. The smallest absolute Gasteiger partial charge is 0.260 e. The number of carbonyl (C=O) groups excluding carboxylic acids is 2. The fourth-order valence-electron chi connectivity index (χ4n) is 6.08. The van der Waals surface area contributed by atoms with Crippen molar-refractivity contribution in [3.8, 4) is 5.75 Å². The van der Waals surface area contributed by atoms with E-state index in [2.05, 4.69) is 17.4 Å². The van der Waals surface area contributed by atoms with Crippen molar-refractivity contribution in [1.29, 1.82) is 0 Å². The van der Waals surface area contributed by atoms with E-state index in [1.807, 2.05) is 17.0 Å². The van der Waals surface area contributed by atoms with Gasteiger partial charge in [0.2, 0.25) is 5.91 Å². The highest BCUT2D eigenvalue weighted by molar-refractivity contribution is 5.80. The Bertz CT molecular complexity index is 800. The molecule has 1 aliphatic carbocycles. The van der Waals surface area contributed by atoms with Crippen LogP contribution in [0.2, 0.25) is 0 Å². The number of ether oxygens (including phenoxy) is 2. The number of carbonyl (C=O) groups is 2. The number of para-hydroxylation sites is 1. The maximum Gasteiger partial charge on any atom is 0.260 e. The van der Waals surface area contributed by atoms with Crippen molar-refractivity contribution in [3.05, 3.63) is 29.8 Å². The molecule has 6 rings (SSSR count). The molecule has 2 amide bonds. The predicted molar refractivity (Wildman–Crippen MR) is 112 cm³/mol. The molecular weight excluding hydrogens is 380 g/mol. The summed E-state index contributed by atoms with van der Waals surface area (Å²) < 4.78 is 12.5. The fraction of sp³-hybridized carbons (Fsp3) is 0.667. The Morgan fingerprint density at radius 2 is 1.83 bits per heavy atom. The molecule has 2 saturated heterocycles. The second-order valence-electron chi connectivity index (χ2n) is 9.40. The Labute approximate surface area is 178 Å². The quantitative estimate of drug-likeness (QED) is 0.711. The van der Waals surface area contributed by atoms with Crippen molar-refractivity contribution in [2.75, 3.05) is 19.8 Å². The number of nitrogens with zero attached hydrogens (tertiary/aromatic N) is 1. The van der Waals surface area contributed by atoms with Crippen LogP contribution in [0, 0.1) is 0 Å². The highest BCUT2D eigenvalue weighted by Gasteiger charge is 2.49. The number of benzene rings is 1. The van der Waals surface area contributed by atoms with Gasteiger partial charge in [0.05, 0.1) is 24.3 Å². The van der Waals surface area contributed by atoms with Crippen LogP contribution in [0.15, 0.2) is 24.3 Å². The van der Waals surface area contributed by atoms with E-state index in [0.717, 1.165) is 57.1 Å². The first kappa shape index (κ1) is 19.9. The number of hydrogen-bond donors (Lipinski definition) is 1. The first-order valence-electron chi connectivity index (χ1n) is 11.6. The van der Waals surface area contributed by atoms with E-state index in [1.54, 1.807) is 0 Å². The van der Waals surface area contributed by atoms with Crippen molar-refractivity contribution in [1.82, 2.24) is 10.2 Å². The summed E-state index contributed by atoms with van der Waals surface area (Å²) in [5.74, 6) is 1.39. The van der Waals surface area contributed by atoms with Gasteiger partial charge < -0.3 is 19.7 Å². The van der Waals surface area contributed by atoms with Gasteiger partial charge in [0.25, 0.3) is 5.91 Å². The van der Waals surface area contributed by atoms with Crippen molar-refractivity contribution in [2.45, 2.75) is 81.4 Å². The van der Waals surface area contributed by atoms with Gasteiger partial charge in [0.1, 0.15) is 5.75 Å². The molecule has 6 heteroatoms. The van der Waals surface area contributed by atoms with E-state index >= 15 is 0 Å². The van der Waals surface area contributed by atoms with Crippen LogP contribution in [0.1, 0.15) is 69.3 Å². The molecular formula is C24H32N2O4. The second kappa shape index (κ2) is 8.22. The minimum absolute atomic E-state index is 0.0103. The minimum Gasteiger partial charge on any atom is -0.483 e. The van der Waals surface area contributed by atoms with Crippen LogP contribution in [-0.4, -0.2) is 54.2 Å². The number of amides is 2. The van der Waals surface area contributed by atoms with Crippen LogP contribution in [-0.2, 0) is 14.3 Å². The Hall–Kier alpha value is -2.08. The summed E-state index contributed by atoms with van der Waals surface area (Å²) in [6.45, 7) is 1.23.